The summed E-state index contributed by atoms with van der Waals surface area (Å²) >= 11 is 0. The maximum atomic E-state index is 3.92. The van der Waals surface area contributed by atoms with E-state index in [0.717, 1.165) is 0 Å². The first-order valence-electron chi connectivity index (χ1n) is 5.00. The van der Waals surface area contributed by atoms with E-state index in [2.05, 4.69) is 30.3 Å². The molecule has 0 aliphatic carbocycles. The largest absolute Gasteiger partial charge is 0.304 e. The van der Waals surface area contributed by atoms with Crippen molar-refractivity contribution in [2.45, 2.75) is 32.0 Å². The van der Waals surface area contributed by atoms with Crippen LogP contribution in [0.25, 0.3) is 0 Å². The first-order chi connectivity index (χ1) is 5.64. The van der Waals surface area contributed by atoms with Gasteiger partial charge in [0.1, 0.15) is 0 Å². The molecule has 0 aromatic heterocycles. The molecule has 0 bridgehead atoms. The van der Waals surface area contributed by atoms with Crippen LogP contribution in [-0.4, -0.2) is 32.6 Å². The Kier molecular flexibility index (Phi) is 3.53. The Morgan fingerprint density at radius 2 is 1.92 bits per heavy atom. The van der Waals surface area contributed by atoms with Crippen LogP contribution in [-0.2, 0) is 0 Å². The van der Waals surface area contributed by atoms with Crippen LogP contribution in [0, 0.1) is 0 Å². The molecule has 0 N–H and O–H groups in total. The third kappa shape index (κ3) is 3.11. The van der Waals surface area contributed by atoms with E-state index in [1.54, 1.807) is 0 Å². The minimum Gasteiger partial charge on any atom is -0.304 e. The van der Waals surface area contributed by atoms with Crippen molar-refractivity contribution in [1.82, 2.24) is 4.90 Å². The van der Waals surface area contributed by atoms with Gasteiger partial charge in [-0.05, 0) is 38.5 Å². The first kappa shape index (κ1) is 10.0. The lowest BCUT2D eigenvalue weighted by Gasteiger charge is -2.21. The van der Waals surface area contributed by atoms with Gasteiger partial charge in [0.05, 0.1) is 8.07 Å². The summed E-state index contributed by atoms with van der Waals surface area (Å²) in [7, 11) is -1.02. The van der Waals surface area contributed by atoms with Gasteiger partial charge >= 0.3 is 0 Å². The van der Waals surface area contributed by atoms with Gasteiger partial charge in [-0.25, -0.2) is 0 Å². The van der Waals surface area contributed by atoms with Crippen LogP contribution in [0.3, 0.4) is 0 Å². The molecule has 2 heteroatoms. The van der Waals surface area contributed by atoms with E-state index in [1.165, 1.54) is 38.5 Å². The Morgan fingerprint density at radius 1 is 1.33 bits per heavy atom. The normalized spacial score (nSPS) is 19.8. The second-order valence-corrected chi connectivity index (χ2v) is 9.38. The van der Waals surface area contributed by atoms with Gasteiger partial charge in [0.15, 0.2) is 0 Å². The zero-order chi connectivity index (χ0) is 9.03. The van der Waals surface area contributed by atoms with Crippen LogP contribution in [0.5, 0.6) is 0 Å². The molecule has 0 radical (unpaired) electrons. The fraction of sp³-hybridized carbons (Fsp3) is 0.800. The molecule has 1 aliphatic heterocycles. The van der Waals surface area contributed by atoms with Gasteiger partial charge in [0, 0.05) is 0 Å². The van der Waals surface area contributed by atoms with Crippen molar-refractivity contribution in [3.63, 3.8) is 0 Å². The molecule has 1 rings (SSSR count). The van der Waals surface area contributed by atoms with Gasteiger partial charge in [-0.3, -0.25) is 0 Å². The molecule has 0 spiro atoms. The lowest BCUT2D eigenvalue weighted by atomic mass is 10.4. The fourth-order valence-corrected chi connectivity index (χ4v) is 2.65. The molecule has 0 atom stereocenters. The standard InChI is InChI=1S/C10H21NSi/c1-4-12(2,3)10-9-11-7-5-6-8-11/h4H,1,5-10H2,2-3H3. The third-order valence-corrected chi connectivity index (χ3v) is 5.44. The highest BCUT2D eigenvalue weighted by atomic mass is 28.3. The van der Waals surface area contributed by atoms with Crippen molar-refractivity contribution in [3.8, 4) is 0 Å². The molecule has 0 aromatic carbocycles. The average Bonchev–Trinajstić information content (AvgIpc) is 2.53. The van der Waals surface area contributed by atoms with E-state index in [0.29, 0.717) is 0 Å². The quantitative estimate of drug-likeness (QED) is 0.605. The van der Waals surface area contributed by atoms with E-state index < -0.39 is 8.07 Å². The van der Waals surface area contributed by atoms with Gasteiger partial charge < -0.3 is 4.90 Å². The Hall–Kier alpha value is -0.0831. The summed E-state index contributed by atoms with van der Waals surface area (Å²) in [6, 6.07) is 1.39. The fourth-order valence-electron chi connectivity index (χ4n) is 1.55. The second kappa shape index (κ2) is 4.24. The number of nitrogens with zero attached hydrogens (tertiary/aromatic N) is 1. The first-order valence-corrected chi connectivity index (χ1v) is 8.28. The summed E-state index contributed by atoms with van der Waals surface area (Å²) in [5.74, 6) is 0. The summed E-state index contributed by atoms with van der Waals surface area (Å²) in [5.41, 5.74) is 2.21. The molecule has 0 unspecified atom stereocenters. The molecule has 1 saturated heterocycles. The van der Waals surface area contributed by atoms with Crippen LogP contribution in [0.15, 0.2) is 12.3 Å². The highest BCUT2D eigenvalue weighted by molar-refractivity contribution is 6.82. The predicted molar refractivity (Wildman–Crippen MR) is 58.2 cm³/mol. The zero-order valence-corrected chi connectivity index (χ0v) is 9.47. The Labute approximate surface area is 77.5 Å². The van der Waals surface area contributed by atoms with E-state index >= 15 is 0 Å². The predicted octanol–water partition coefficient (Wildman–Crippen LogP) is 2.52. The average molecular weight is 183 g/mol. The molecule has 1 heterocycles. The summed E-state index contributed by atoms with van der Waals surface area (Å²) < 4.78 is 0. The summed E-state index contributed by atoms with van der Waals surface area (Å²) in [5, 5.41) is 0. The number of likely N-dealkylation sites (tertiary alicyclic amines) is 1. The highest BCUT2D eigenvalue weighted by Crippen LogP contribution is 2.14. The van der Waals surface area contributed by atoms with E-state index in [-0.39, 0.29) is 0 Å². The molecule has 1 fully saturated rings. The highest BCUT2D eigenvalue weighted by Gasteiger charge is 2.18. The van der Waals surface area contributed by atoms with Crippen molar-refractivity contribution in [3.05, 3.63) is 12.3 Å². The Bertz CT molecular complexity index is 148. The van der Waals surface area contributed by atoms with Gasteiger partial charge in [-0.2, -0.15) is 0 Å². The molecule has 12 heavy (non-hydrogen) atoms. The lowest BCUT2D eigenvalue weighted by Crippen LogP contribution is -2.30. The monoisotopic (exact) mass is 183 g/mol. The second-order valence-electron chi connectivity index (χ2n) is 4.49. The number of hydrogen-bond donors (Lipinski definition) is 0. The molecule has 1 nitrogen and oxygen atoms in total. The van der Waals surface area contributed by atoms with Gasteiger partial charge in [-0.15, -0.1) is 12.3 Å². The molecular formula is C10H21NSi. The van der Waals surface area contributed by atoms with Crippen molar-refractivity contribution in [1.29, 1.82) is 0 Å². The third-order valence-electron chi connectivity index (χ3n) is 2.82. The molecule has 70 valence electrons. The summed E-state index contributed by atoms with van der Waals surface area (Å²) in [6.45, 7) is 12.7. The Morgan fingerprint density at radius 3 is 2.42 bits per heavy atom. The lowest BCUT2D eigenvalue weighted by molar-refractivity contribution is 0.357. The maximum absolute atomic E-state index is 3.92. The molecular weight excluding hydrogens is 162 g/mol. The molecule has 0 aromatic rings. The van der Waals surface area contributed by atoms with Crippen LogP contribution < -0.4 is 0 Å². The summed E-state index contributed by atoms with van der Waals surface area (Å²) in [6.07, 6.45) is 2.83. The van der Waals surface area contributed by atoms with Gasteiger partial charge in [0.25, 0.3) is 0 Å². The van der Waals surface area contributed by atoms with Crippen molar-refractivity contribution < 1.29 is 0 Å². The van der Waals surface area contributed by atoms with Crippen LogP contribution >= 0.6 is 0 Å². The van der Waals surface area contributed by atoms with Crippen LogP contribution in [0.4, 0.5) is 0 Å². The number of hydrogen-bond acceptors (Lipinski definition) is 1. The Balaban J connectivity index is 2.19. The SMILES string of the molecule is C=C[Si](C)(C)CCN1CCCC1. The molecule has 0 saturated carbocycles. The van der Waals surface area contributed by atoms with Gasteiger partial charge in [-0.1, -0.05) is 13.1 Å². The minimum atomic E-state index is -1.02. The molecule has 1 aliphatic rings. The topological polar surface area (TPSA) is 3.24 Å². The molecule has 0 amide bonds. The number of rotatable bonds is 4. The summed E-state index contributed by atoms with van der Waals surface area (Å²) in [4.78, 5) is 2.60. The maximum Gasteiger partial charge on any atom is 0.0722 e. The van der Waals surface area contributed by atoms with Crippen molar-refractivity contribution in [2.75, 3.05) is 19.6 Å². The minimum absolute atomic E-state index is 1.02. The smallest absolute Gasteiger partial charge is 0.0722 e. The zero-order valence-electron chi connectivity index (χ0n) is 8.47. The van der Waals surface area contributed by atoms with Crippen LogP contribution in [0.2, 0.25) is 19.1 Å². The van der Waals surface area contributed by atoms with E-state index in [9.17, 15) is 0 Å². The van der Waals surface area contributed by atoms with Crippen LogP contribution in [0.1, 0.15) is 12.8 Å². The van der Waals surface area contributed by atoms with E-state index in [4.69, 9.17) is 0 Å². The van der Waals surface area contributed by atoms with Crippen molar-refractivity contribution >= 4 is 8.07 Å². The van der Waals surface area contributed by atoms with Gasteiger partial charge in [0.2, 0.25) is 0 Å². The van der Waals surface area contributed by atoms with Crippen molar-refractivity contribution in [2.24, 2.45) is 0 Å². The van der Waals surface area contributed by atoms with E-state index in [1.807, 2.05) is 0 Å².